The number of carbonyl (C=O) groups excluding carboxylic acids is 1. The summed E-state index contributed by atoms with van der Waals surface area (Å²) >= 11 is 0. The molecular formula is C11H15N3O2. The third-order valence-electron chi connectivity index (χ3n) is 2.10. The molecule has 0 unspecified atom stereocenters. The highest BCUT2D eigenvalue weighted by atomic mass is 16.6. The van der Waals surface area contributed by atoms with Crippen LogP contribution >= 0.6 is 0 Å². The first-order chi connectivity index (χ1) is 7.47. The Labute approximate surface area is 93.9 Å². The van der Waals surface area contributed by atoms with Crippen LogP contribution in [0.1, 0.15) is 36.8 Å². The number of esters is 1. The lowest BCUT2D eigenvalue weighted by molar-refractivity contribution is 0.00709. The summed E-state index contributed by atoms with van der Waals surface area (Å²) in [5, 5.41) is 3.05. The fourth-order valence-corrected chi connectivity index (χ4v) is 1.49. The van der Waals surface area contributed by atoms with Gasteiger partial charge in [0.25, 0.3) is 0 Å². The maximum atomic E-state index is 11.9. The van der Waals surface area contributed by atoms with Gasteiger partial charge in [0.05, 0.1) is 11.4 Å². The van der Waals surface area contributed by atoms with Gasteiger partial charge in [-0.25, -0.2) is 4.79 Å². The van der Waals surface area contributed by atoms with Crippen LogP contribution in [0.25, 0.3) is 0 Å². The third-order valence-corrected chi connectivity index (χ3v) is 2.10. The lowest BCUT2D eigenvalue weighted by Crippen LogP contribution is -2.24. The number of aromatic nitrogens is 1. The van der Waals surface area contributed by atoms with Crippen molar-refractivity contribution in [3.63, 3.8) is 0 Å². The van der Waals surface area contributed by atoms with Crippen molar-refractivity contribution >= 4 is 17.9 Å². The number of aromatic amines is 1. The molecule has 0 atom stereocenters. The van der Waals surface area contributed by atoms with Crippen LogP contribution in [-0.2, 0) is 4.74 Å². The minimum Gasteiger partial charge on any atom is -0.456 e. The average Bonchev–Trinajstić information content (AvgIpc) is 2.58. The molecule has 1 aromatic heterocycles. The predicted octanol–water partition coefficient (Wildman–Crippen LogP) is 1.77. The SMILES string of the molecule is CC(C)(C)OC(=O)c1c[nH]c2c1NCN=C2. The maximum absolute atomic E-state index is 11.9. The quantitative estimate of drug-likeness (QED) is 0.710. The Balaban J connectivity index is 2.25. The van der Waals surface area contributed by atoms with Crippen LogP contribution in [-0.4, -0.2) is 29.4 Å². The number of anilines is 1. The molecule has 1 aliphatic rings. The van der Waals surface area contributed by atoms with E-state index in [4.69, 9.17) is 4.74 Å². The van der Waals surface area contributed by atoms with E-state index in [9.17, 15) is 4.79 Å². The Hall–Kier alpha value is -1.78. The van der Waals surface area contributed by atoms with E-state index in [1.54, 1.807) is 12.4 Å². The van der Waals surface area contributed by atoms with Gasteiger partial charge in [0.15, 0.2) is 0 Å². The number of H-pyrrole nitrogens is 1. The van der Waals surface area contributed by atoms with E-state index >= 15 is 0 Å². The van der Waals surface area contributed by atoms with E-state index in [2.05, 4.69) is 15.3 Å². The molecule has 86 valence electrons. The fraction of sp³-hybridized carbons (Fsp3) is 0.455. The van der Waals surface area contributed by atoms with Crippen molar-refractivity contribution in [2.24, 2.45) is 4.99 Å². The number of hydrogen-bond acceptors (Lipinski definition) is 4. The molecule has 0 spiro atoms. The number of carbonyl (C=O) groups is 1. The van der Waals surface area contributed by atoms with Crippen LogP contribution < -0.4 is 5.32 Å². The van der Waals surface area contributed by atoms with Crippen LogP contribution in [0, 0.1) is 0 Å². The van der Waals surface area contributed by atoms with Crippen molar-refractivity contribution < 1.29 is 9.53 Å². The van der Waals surface area contributed by atoms with Crippen molar-refractivity contribution in [1.82, 2.24) is 4.98 Å². The minimum atomic E-state index is -0.482. The molecule has 2 N–H and O–H groups in total. The van der Waals surface area contributed by atoms with Crippen LogP contribution in [0.2, 0.25) is 0 Å². The van der Waals surface area contributed by atoms with E-state index in [1.807, 2.05) is 20.8 Å². The molecule has 1 aromatic rings. The molecule has 0 saturated heterocycles. The Morgan fingerprint density at radius 3 is 2.94 bits per heavy atom. The van der Waals surface area contributed by atoms with E-state index < -0.39 is 5.60 Å². The van der Waals surface area contributed by atoms with Crippen molar-refractivity contribution in [2.45, 2.75) is 26.4 Å². The first kappa shape index (κ1) is 10.7. The summed E-state index contributed by atoms with van der Waals surface area (Å²) in [6.07, 6.45) is 3.35. The molecule has 16 heavy (non-hydrogen) atoms. The molecule has 5 nitrogen and oxygen atoms in total. The fourth-order valence-electron chi connectivity index (χ4n) is 1.49. The van der Waals surface area contributed by atoms with Gasteiger partial charge in [-0.15, -0.1) is 0 Å². The first-order valence-electron chi connectivity index (χ1n) is 5.16. The highest BCUT2D eigenvalue weighted by Crippen LogP contribution is 2.24. The summed E-state index contributed by atoms with van der Waals surface area (Å²) in [6.45, 7) is 6.03. The number of hydrogen-bond donors (Lipinski definition) is 2. The van der Waals surface area contributed by atoms with E-state index in [1.165, 1.54) is 0 Å². The number of nitrogens with one attached hydrogen (secondary N) is 2. The smallest absolute Gasteiger partial charge is 0.342 e. The number of rotatable bonds is 1. The Morgan fingerprint density at radius 2 is 2.25 bits per heavy atom. The molecule has 5 heteroatoms. The summed E-state index contributed by atoms with van der Waals surface area (Å²) in [5.41, 5.74) is 1.62. The summed E-state index contributed by atoms with van der Waals surface area (Å²) in [5.74, 6) is -0.326. The molecule has 0 saturated carbocycles. The summed E-state index contributed by atoms with van der Waals surface area (Å²) < 4.78 is 5.30. The zero-order valence-electron chi connectivity index (χ0n) is 9.63. The van der Waals surface area contributed by atoms with Gasteiger partial charge in [0.2, 0.25) is 0 Å². The third kappa shape index (κ3) is 2.08. The molecule has 0 radical (unpaired) electrons. The van der Waals surface area contributed by atoms with Gasteiger partial charge in [0.1, 0.15) is 17.8 Å². The van der Waals surface area contributed by atoms with Crippen LogP contribution in [0.3, 0.4) is 0 Å². The zero-order valence-corrected chi connectivity index (χ0v) is 9.63. The number of ether oxygens (including phenoxy) is 1. The van der Waals surface area contributed by atoms with Crippen molar-refractivity contribution in [1.29, 1.82) is 0 Å². The predicted molar refractivity (Wildman–Crippen MR) is 62.0 cm³/mol. The summed E-state index contributed by atoms with van der Waals surface area (Å²) in [6, 6.07) is 0. The van der Waals surface area contributed by atoms with Crippen LogP contribution in [0.15, 0.2) is 11.2 Å². The van der Waals surface area contributed by atoms with Gasteiger partial charge in [-0.05, 0) is 20.8 Å². The van der Waals surface area contributed by atoms with Crippen molar-refractivity contribution in [2.75, 3.05) is 12.0 Å². The normalized spacial score (nSPS) is 14.2. The van der Waals surface area contributed by atoms with E-state index in [0.717, 1.165) is 11.4 Å². The highest BCUT2D eigenvalue weighted by Gasteiger charge is 2.23. The van der Waals surface area contributed by atoms with Crippen LogP contribution in [0.5, 0.6) is 0 Å². The van der Waals surface area contributed by atoms with Gasteiger partial charge in [-0.2, -0.15) is 0 Å². The van der Waals surface area contributed by atoms with Crippen LogP contribution in [0.4, 0.5) is 5.69 Å². The van der Waals surface area contributed by atoms with E-state index in [-0.39, 0.29) is 5.97 Å². The number of fused-ring (bicyclic) bond motifs is 1. The molecule has 1 aliphatic heterocycles. The monoisotopic (exact) mass is 221 g/mol. The highest BCUT2D eigenvalue weighted by molar-refractivity contribution is 6.02. The minimum absolute atomic E-state index is 0.326. The summed E-state index contributed by atoms with van der Waals surface area (Å²) in [7, 11) is 0. The zero-order chi connectivity index (χ0) is 11.8. The van der Waals surface area contributed by atoms with E-state index in [0.29, 0.717) is 12.2 Å². The standard InChI is InChI=1S/C11H15N3O2/c1-11(2,3)16-10(15)7-4-13-8-5-12-6-14-9(7)8/h4-5,13-14H,6H2,1-3H3. The van der Waals surface area contributed by atoms with Crippen molar-refractivity contribution in [3.05, 3.63) is 17.5 Å². The number of nitrogens with zero attached hydrogens (tertiary/aromatic N) is 1. The molecule has 0 aromatic carbocycles. The van der Waals surface area contributed by atoms with Gasteiger partial charge in [-0.1, -0.05) is 0 Å². The Kier molecular flexibility index (Phi) is 2.46. The molecule has 0 aliphatic carbocycles. The Morgan fingerprint density at radius 1 is 1.50 bits per heavy atom. The molecular weight excluding hydrogens is 206 g/mol. The molecule has 0 fully saturated rings. The molecule has 2 rings (SSSR count). The lowest BCUT2D eigenvalue weighted by atomic mass is 10.2. The second kappa shape index (κ2) is 3.66. The summed E-state index contributed by atoms with van der Waals surface area (Å²) in [4.78, 5) is 18.9. The topological polar surface area (TPSA) is 66.5 Å². The maximum Gasteiger partial charge on any atom is 0.342 e. The second-order valence-corrected chi connectivity index (χ2v) is 4.64. The lowest BCUT2D eigenvalue weighted by Gasteiger charge is -2.20. The van der Waals surface area contributed by atoms with Gasteiger partial charge < -0.3 is 15.0 Å². The molecule has 0 bridgehead atoms. The Bertz CT molecular complexity index is 441. The molecule has 2 heterocycles. The van der Waals surface area contributed by atoms with Crippen molar-refractivity contribution in [3.8, 4) is 0 Å². The largest absolute Gasteiger partial charge is 0.456 e. The number of aliphatic imine (C=N–C) groups is 1. The molecule has 0 amide bonds. The first-order valence-corrected chi connectivity index (χ1v) is 5.16. The average molecular weight is 221 g/mol. The van der Waals surface area contributed by atoms with Gasteiger partial charge in [-0.3, -0.25) is 4.99 Å². The second-order valence-electron chi connectivity index (χ2n) is 4.64. The van der Waals surface area contributed by atoms with Gasteiger partial charge >= 0.3 is 5.97 Å². The van der Waals surface area contributed by atoms with Gasteiger partial charge in [0, 0.05) is 12.4 Å².